The predicted octanol–water partition coefficient (Wildman–Crippen LogP) is 4.00. The molecule has 80 valence electrons. The monoisotopic (exact) mass is 219 g/mol. The Balaban J connectivity index is 2.75. The molecule has 1 nitrogen and oxygen atoms in total. The van der Waals surface area contributed by atoms with Crippen molar-refractivity contribution >= 4 is 11.8 Å². The maximum absolute atomic E-state index is 8.97. The number of nitriles is 1. The highest BCUT2D eigenvalue weighted by Gasteiger charge is 2.05. The third kappa shape index (κ3) is 3.60. The van der Waals surface area contributed by atoms with Gasteiger partial charge in [0.2, 0.25) is 0 Å². The van der Waals surface area contributed by atoms with Crippen molar-refractivity contribution in [2.45, 2.75) is 32.1 Å². The Morgan fingerprint density at radius 3 is 2.80 bits per heavy atom. The van der Waals surface area contributed by atoms with Crippen LogP contribution < -0.4 is 0 Å². The fourth-order valence-electron chi connectivity index (χ4n) is 1.19. The minimum Gasteiger partial charge on any atom is -0.192 e. The molecule has 2 heteroatoms. The Morgan fingerprint density at radius 2 is 2.20 bits per heavy atom. The van der Waals surface area contributed by atoms with Gasteiger partial charge < -0.3 is 0 Å². The Morgan fingerprint density at radius 1 is 1.47 bits per heavy atom. The average Bonchev–Trinajstić information content (AvgIpc) is 2.26. The molecule has 1 rings (SSSR count). The molecule has 0 bridgehead atoms. The van der Waals surface area contributed by atoms with Gasteiger partial charge in [-0.2, -0.15) is 5.26 Å². The maximum Gasteiger partial charge on any atom is 0.100 e. The Kier molecular flexibility index (Phi) is 4.71. The lowest BCUT2D eigenvalue weighted by atomic mass is 10.2. The third-order valence-corrected chi connectivity index (χ3v) is 3.86. The Bertz CT molecular complexity index is 365. The summed E-state index contributed by atoms with van der Waals surface area (Å²) >= 11 is 1.80. The van der Waals surface area contributed by atoms with Gasteiger partial charge >= 0.3 is 0 Å². The quantitative estimate of drug-likeness (QED) is 0.714. The second-order valence-corrected chi connectivity index (χ2v) is 5.00. The number of rotatable bonds is 4. The van der Waals surface area contributed by atoms with E-state index in [0.717, 1.165) is 16.2 Å². The van der Waals surface area contributed by atoms with Gasteiger partial charge in [0.1, 0.15) is 6.07 Å². The highest BCUT2D eigenvalue weighted by molar-refractivity contribution is 7.99. The van der Waals surface area contributed by atoms with Gasteiger partial charge in [0.05, 0.1) is 5.56 Å². The van der Waals surface area contributed by atoms with Crippen molar-refractivity contribution in [3.05, 3.63) is 29.3 Å². The van der Waals surface area contributed by atoms with Crippen LogP contribution in [0.1, 0.15) is 31.4 Å². The van der Waals surface area contributed by atoms with Crippen molar-refractivity contribution < 1.29 is 0 Å². The molecular formula is C13H17NS. The van der Waals surface area contributed by atoms with E-state index >= 15 is 0 Å². The number of benzene rings is 1. The van der Waals surface area contributed by atoms with Gasteiger partial charge in [-0.3, -0.25) is 0 Å². The summed E-state index contributed by atoms with van der Waals surface area (Å²) in [6.45, 7) is 6.51. The zero-order valence-electron chi connectivity index (χ0n) is 9.58. The molecule has 0 spiro atoms. The summed E-state index contributed by atoms with van der Waals surface area (Å²) in [5.74, 6) is 1.80. The molecule has 1 unspecified atom stereocenters. The molecule has 1 atom stereocenters. The summed E-state index contributed by atoms with van der Waals surface area (Å²) in [6.07, 6.45) is 1.20. The van der Waals surface area contributed by atoms with E-state index in [4.69, 9.17) is 5.26 Å². The van der Waals surface area contributed by atoms with Crippen LogP contribution in [0, 0.1) is 24.2 Å². The van der Waals surface area contributed by atoms with Gasteiger partial charge in [-0.15, -0.1) is 11.8 Å². The van der Waals surface area contributed by atoms with Crippen LogP contribution in [-0.2, 0) is 0 Å². The lowest BCUT2D eigenvalue weighted by Crippen LogP contribution is -1.96. The zero-order chi connectivity index (χ0) is 11.3. The summed E-state index contributed by atoms with van der Waals surface area (Å²) in [7, 11) is 0. The van der Waals surface area contributed by atoms with Crippen LogP contribution in [0.2, 0.25) is 0 Å². The van der Waals surface area contributed by atoms with Crippen LogP contribution in [0.4, 0.5) is 0 Å². The molecular weight excluding hydrogens is 202 g/mol. The number of hydrogen-bond acceptors (Lipinski definition) is 2. The lowest BCUT2D eigenvalue weighted by molar-refractivity contribution is 0.637. The number of aryl methyl sites for hydroxylation is 1. The molecule has 0 radical (unpaired) electrons. The van der Waals surface area contributed by atoms with Crippen LogP contribution in [-0.4, -0.2) is 5.75 Å². The van der Waals surface area contributed by atoms with E-state index in [-0.39, 0.29) is 0 Å². The molecule has 0 heterocycles. The minimum absolute atomic E-state index is 0.710. The third-order valence-electron chi connectivity index (χ3n) is 2.48. The lowest BCUT2D eigenvalue weighted by Gasteiger charge is -2.09. The molecule has 0 aliphatic heterocycles. The van der Waals surface area contributed by atoms with E-state index in [1.165, 1.54) is 12.0 Å². The van der Waals surface area contributed by atoms with E-state index < -0.39 is 0 Å². The van der Waals surface area contributed by atoms with E-state index in [2.05, 4.69) is 32.9 Å². The highest BCUT2D eigenvalue weighted by Crippen LogP contribution is 2.26. The fourth-order valence-corrected chi connectivity index (χ4v) is 2.43. The average molecular weight is 219 g/mol. The van der Waals surface area contributed by atoms with E-state index in [1.54, 1.807) is 11.8 Å². The van der Waals surface area contributed by atoms with Crippen LogP contribution in [0.25, 0.3) is 0 Å². The van der Waals surface area contributed by atoms with Crippen molar-refractivity contribution in [3.8, 4) is 6.07 Å². The van der Waals surface area contributed by atoms with Gasteiger partial charge in [0, 0.05) is 10.6 Å². The van der Waals surface area contributed by atoms with Crippen molar-refractivity contribution in [2.75, 3.05) is 5.75 Å². The fraction of sp³-hybridized carbons (Fsp3) is 0.462. The van der Waals surface area contributed by atoms with Crippen molar-refractivity contribution in [1.29, 1.82) is 5.26 Å². The summed E-state index contributed by atoms with van der Waals surface area (Å²) in [5, 5.41) is 8.97. The van der Waals surface area contributed by atoms with Crippen LogP contribution in [0.3, 0.4) is 0 Å². The highest BCUT2D eigenvalue weighted by atomic mass is 32.2. The normalized spacial score (nSPS) is 12.1. The van der Waals surface area contributed by atoms with E-state index in [0.29, 0.717) is 5.92 Å². The maximum atomic E-state index is 8.97. The van der Waals surface area contributed by atoms with Crippen LogP contribution >= 0.6 is 11.8 Å². The van der Waals surface area contributed by atoms with Gasteiger partial charge in [-0.05, 0) is 30.5 Å². The van der Waals surface area contributed by atoms with E-state index in [1.807, 2.05) is 12.1 Å². The second kappa shape index (κ2) is 5.82. The molecule has 1 aromatic rings. The molecule has 0 amide bonds. The molecule has 0 N–H and O–H groups in total. The summed E-state index contributed by atoms with van der Waals surface area (Å²) in [4.78, 5) is 1.12. The molecule has 0 saturated heterocycles. The van der Waals surface area contributed by atoms with E-state index in [9.17, 15) is 0 Å². The molecule has 0 aliphatic carbocycles. The van der Waals surface area contributed by atoms with Gasteiger partial charge in [0.25, 0.3) is 0 Å². The standard InChI is InChI=1S/C13H17NS/c1-4-10(2)9-15-13-7-11(3)5-6-12(13)8-14/h5-7,10H,4,9H2,1-3H3. The topological polar surface area (TPSA) is 23.8 Å². The van der Waals surface area contributed by atoms with Crippen molar-refractivity contribution in [3.63, 3.8) is 0 Å². The molecule has 15 heavy (non-hydrogen) atoms. The summed E-state index contributed by atoms with van der Waals surface area (Å²) in [6, 6.07) is 8.25. The molecule has 1 aromatic carbocycles. The Hall–Kier alpha value is -0.940. The predicted molar refractivity (Wildman–Crippen MR) is 66.1 cm³/mol. The van der Waals surface area contributed by atoms with Gasteiger partial charge in [-0.25, -0.2) is 0 Å². The molecule has 0 saturated carbocycles. The molecule has 0 aromatic heterocycles. The van der Waals surface area contributed by atoms with Crippen molar-refractivity contribution in [2.24, 2.45) is 5.92 Å². The Labute approximate surface area is 96.5 Å². The molecule has 0 aliphatic rings. The first-order chi connectivity index (χ1) is 7.17. The van der Waals surface area contributed by atoms with Gasteiger partial charge in [-0.1, -0.05) is 26.3 Å². The zero-order valence-corrected chi connectivity index (χ0v) is 10.4. The first kappa shape index (κ1) is 12.1. The first-order valence-corrected chi connectivity index (χ1v) is 6.29. The van der Waals surface area contributed by atoms with Crippen molar-refractivity contribution in [1.82, 2.24) is 0 Å². The number of thioether (sulfide) groups is 1. The number of hydrogen-bond donors (Lipinski definition) is 0. The number of nitrogens with zero attached hydrogens (tertiary/aromatic N) is 1. The van der Waals surface area contributed by atoms with Crippen LogP contribution in [0.5, 0.6) is 0 Å². The first-order valence-electron chi connectivity index (χ1n) is 5.31. The molecule has 0 fully saturated rings. The summed E-state index contributed by atoms with van der Waals surface area (Å²) < 4.78 is 0. The smallest absolute Gasteiger partial charge is 0.100 e. The SMILES string of the molecule is CCC(C)CSc1cc(C)ccc1C#N. The summed E-state index contributed by atoms with van der Waals surface area (Å²) in [5.41, 5.74) is 2.02. The van der Waals surface area contributed by atoms with Crippen LogP contribution in [0.15, 0.2) is 23.1 Å². The van der Waals surface area contributed by atoms with Gasteiger partial charge in [0.15, 0.2) is 0 Å². The minimum atomic E-state index is 0.710. The largest absolute Gasteiger partial charge is 0.192 e. The second-order valence-electron chi connectivity index (χ2n) is 3.94.